The number of methoxy groups -OCH3 is 2. The van der Waals surface area contributed by atoms with Crippen LogP contribution in [0.4, 0.5) is 0 Å². The fourth-order valence-corrected chi connectivity index (χ4v) is 12.0. The van der Waals surface area contributed by atoms with E-state index in [2.05, 4.69) is 18.7 Å². The van der Waals surface area contributed by atoms with E-state index in [0.29, 0.717) is 25.8 Å². The number of hydrogen-bond acceptors (Lipinski definition) is 20. The molecule has 0 radical (unpaired) electrons. The van der Waals surface area contributed by atoms with Gasteiger partial charge in [-0.05, 0) is 111 Å². The summed E-state index contributed by atoms with van der Waals surface area (Å²) in [4.78, 5) is 59.2. The van der Waals surface area contributed by atoms with Crippen LogP contribution in [0.1, 0.15) is 154 Å². The van der Waals surface area contributed by atoms with Crippen LogP contribution in [0.15, 0.2) is 23.8 Å². The molecule has 3 N–H and O–H groups in total. The van der Waals surface area contributed by atoms with E-state index >= 15 is 0 Å². The third kappa shape index (κ3) is 20.6. The number of carbonyl (C=O) groups excluding carboxylic acids is 4. The summed E-state index contributed by atoms with van der Waals surface area (Å²) in [6.45, 7) is 26.2. The van der Waals surface area contributed by atoms with Gasteiger partial charge in [-0.1, -0.05) is 86.0 Å². The zero-order valence-corrected chi connectivity index (χ0v) is 52.1. The first kappa shape index (κ1) is 70.5. The largest absolute Gasteiger partial charge is 0.462 e. The molecule has 0 spiro atoms. The summed E-state index contributed by atoms with van der Waals surface area (Å²) in [7, 11) is 6.58. The minimum absolute atomic E-state index is 0.00819. The molecule has 20 nitrogen and oxygen atoms in total. The van der Waals surface area contributed by atoms with Crippen molar-refractivity contribution in [1.29, 1.82) is 0 Å². The van der Waals surface area contributed by atoms with Crippen LogP contribution >= 0.6 is 0 Å². The second-order valence-corrected chi connectivity index (χ2v) is 24.3. The molecule has 0 aromatic heterocycles. The highest BCUT2D eigenvalue weighted by Crippen LogP contribution is 2.40. The monoisotopic (exact) mass is 1150 g/mol. The van der Waals surface area contributed by atoms with Crippen molar-refractivity contribution >= 4 is 23.7 Å². The molecule has 81 heavy (non-hydrogen) atoms. The van der Waals surface area contributed by atoms with Crippen molar-refractivity contribution in [2.45, 2.75) is 252 Å². The maximum Gasteiger partial charge on any atom is 0.309 e. The maximum atomic E-state index is 14.5. The van der Waals surface area contributed by atoms with Gasteiger partial charge in [0, 0.05) is 57.7 Å². The van der Waals surface area contributed by atoms with Crippen molar-refractivity contribution in [3.8, 4) is 0 Å². The van der Waals surface area contributed by atoms with E-state index in [9.17, 15) is 34.5 Å². The molecular formula is C61H106N2O18. The fraction of sp³-hybridized carbons (Fsp3) is 0.869. The molecule has 0 aromatic carbocycles. The Morgan fingerprint density at radius 2 is 1.47 bits per heavy atom. The molecular weight excluding hydrogens is 1050 g/mol. The Hall–Kier alpha value is -2.96. The zero-order valence-electron chi connectivity index (χ0n) is 52.1. The van der Waals surface area contributed by atoms with Crippen LogP contribution < -0.4 is 0 Å². The zero-order chi connectivity index (χ0) is 60.5. The Labute approximate surface area is 484 Å². The molecule has 4 rings (SSSR count). The van der Waals surface area contributed by atoms with Gasteiger partial charge in [-0.3, -0.25) is 19.2 Å². The molecule has 21 atom stereocenters. The highest BCUT2D eigenvalue weighted by Gasteiger charge is 2.53. The summed E-state index contributed by atoms with van der Waals surface area (Å²) >= 11 is 0. The molecule has 4 heterocycles. The lowest BCUT2D eigenvalue weighted by Crippen LogP contribution is -2.65. The summed E-state index contributed by atoms with van der Waals surface area (Å²) in [6.07, 6.45) is -2.27. The lowest BCUT2D eigenvalue weighted by atomic mass is 9.79. The minimum Gasteiger partial charge on any atom is -0.462 e. The smallest absolute Gasteiger partial charge is 0.309 e. The van der Waals surface area contributed by atoms with Crippen molar-refractivity contribution < 1.29 is 86.6 Å². The van der Waals surface area contributed by atoms with E-state index in [4.69, 9.17) is 52.1 Å². The lowest BCUT2D eigenvalue weighted by Gasteiger charge is -2.50. The van der Waals surface area contributed by atoms with Crippen molar-refractivity contribution in [3.05, 3.63) is 23.8 Å². The molecule has 1 unspecified atom stereocenters. The number of rotatable bonds is 24. The van der Waals surface area contributed by atoms with Gasteiger partial charge in [-0.15, -0.1) is 0 Å². The molecule has 0 saturated carbocycles. The van der Waals surface area contributed by atoms with Crippen LogP contribution in [-0.4, -0.2) is 201 Å². The second-order valence-electron chi connectivity index (χ2n) is 24.3. The van der Waals surface area contributed by atoms with Gasteiger partial charge >= 0.3 is 17.9 Å². The molecule has 4 aliphatic rings. The molecule has 20 heteroatoms. The fourth-order valence-electron chi connectivity index (χ4n) is 12.0. The second kappa shape index (κ2) is 33.7. The number of esters is 3. The van der Waals surface area contributed by atoms with E-state index in [1.54, 1.807) is 19.1 Å². The van der Waals surface area contributed by atoms with Gasteiger partial charge in [0.1, 0.15) is 42.7 Å². The van der Waals surface area contributed by atoms with Gasteiger partial charge in [0.2, 0.25) is 5.79 Å². The Kier molecular flexibility index (Phi) is 29.3. The highest BCUT2D eigenvalue weighted by atomic mass is 16.8. The minimum atomic E-state index is -1.89. The summed E-state index contributed by atoms with van der Waals surface area (Å²) in [5, 5.41) is 35.0. The van der Waals surface area contributed by atoms with Crippen LogP contribution in [0, 0.1) is 35.5 Å². The first-order chi connectivity index (χ1) is 38.2. The molecule has 4 aliphatic heterocycles. The van der Waals surface area contributed by atoms with E-state index in [1.807, 2.05) is 80.5 Å². The number of allylic oxidation sites excluding steroid dienone is 3. The van der Waals surface area contributed by atoms with Crippen LogP contribution in [0.5, 0.6) is 0 Å². The average molecular weight is 1160 g/mol. The van der Waals surface area contributed by atoms with Crippen molar-refractivity contribution in [2.75, 3.05) is 54.6 Å². The van der Waals surface area contributed by atoms with Gasteiger partial charge < -0.3 is 77.2 Å². The van der Waals surface area contributed by atoms with E-state index < -0.39 is 139 Å². The molecule has 3 saturated heterocycles. The summed E-state index contributed by atoms with van der Waals surface area (Å²) < 4.78 is 68.6. The number of hydrogen-bond donors (Lipinski definition) is 3. The molecule has 3 fully saturated rings. The molecule has 0 aliphatic carbocycles. The topological polar surface area (TPSA) is 237 Å². The number of unbranched alkanes of at least 4 members (excludes halogenated alkanes) is 2. The number of cyclic esters (lactones) is 1. The van der Waals surface area contributed by atoms with Gasteiger partial charge in [0.25, 0.3) is 0 Å². The van der Waals surface area contributed by atoms with Crippen LogP contribution in [0.2, 0.25) is 0 Å². The first-order valence-corrected chi connectivity index (χ1v) is 30.1. The van der Waals surface area contributed by atoms with Crippen LogP contribution in [0.25, 0.3) is 0 Å². The first-order valence-electron chi connectivity index (χ1n) is 30.1. The van der Waals surface area contributed by atoms with Crippen molar-refractivity contribution in [2.24, 2.45) is 35.5 Å². The molecule has 0 bridgehead atoms. The number of nitrogens with zero attached hydrogens (tertiary/aromatic N) is 2. The lowest BCUT2D eigenvalue weighted by molar-refractivity contribution is -0.378. The van der Waals surface area contributed by atoms with Crippen LogP contribution in [-0.2, 0) is 71.3 Å². The Bertz CT molecular complexity index is 1980. The van der Waals surface area contributed by atoms with Gasteiger partial charge in [-0.2, -0.15) is 0 Å². The number of carbonyl (C=O) groups is 4. The van der Waals surface area contributed by atoms with Crippen molar-refractivity contribution in [3.63, 3.8) is 0 Å². The van der Waals surface area contributed by atoms with Crippen LogP contribution in [0.3, 0.4) is 0 Å². The van der Waals surface area contributed by atoms with Crippen molar-refractivity contribution in [1.82, 2.24) is 9.80 Å². The Morgan fingerprint density at radius 3 is 2.04 bits per heavy atom. The third-order valence-corrected chi connectivity index (χ3v) is 16.6. The Balaban J connectivity index is 1.77. The molecule has 468 valence electrons. The predicted octanol–water partition coefficient (Wildman–Crippen LogP) is 6.91. The van der Waals surface area contributed by atoms with Gasteiger partial charge in [0.05, 0.1) is 37.4 Å². The third-order valence-electron chi connectivity index (χ3n) is 16.6. The predicted molar refractivity (Wildman–Crippen MR) is 303 cm³/mol. The number of ketones is 1. The SMILES string of the molecule is CCCCN(CCCC)CC[C@H]1C[C@@H](C)C(=O)/C=C/C(C)=C/[C@H](CO[C@@H]2O[C@H](C)[C@@H](O)[C@@H](OC)[C@H]2OC)[C@@H](CC)OC(=O)C[C@@H](OC(C)=O)C(C)[C@H]1O[C@@H]1O[C@H](C)[C@@H](O[C@@H]2C[C@@H](C)[C@H](OC(=O)CC(C)C)[C@](C)(O)O2)[C@H](N(C)C)[C@H]1O. The average Bonchev–Trinajstić information content (AvgIpc) is 3.39. The summed E-state index contributed by atoms with van der Waals surface area (Å²) in [5.41, 5.74) is 0.723. The maximum absolute atomic E-state index is 14.5. The normalized spacial score (nSPS) is 38.8. The van der Waals surface area contributed by atoms with E-state index in [-0.39, 0.29) is 43.5 Å². The number of ether oxygens (including phenoxy) is 11. The van der Waals surface area contributed by atoms with Gasteiger partial charge in [-0.25, -0.2) is 0 Å². The number of likely N-dealkylation sites (N-methyl/N-ethyl adjacent to an activating group) is 1. The highest BCUT2D eigenvalue weighted by molar-refractivity contribution is 5.91. The quantitative estimate of drug-likeness (QED) is 0.0657. The molecule has 0 aromatic rings. The summed E-state index contributed by atoms with van der Waals surface area (Å²) in [6, 6.07) is -0.756. The van der Waals surface area contributed by atoms with Gasteiger partial charge in [0.15, 0.2) is 30.8 Å². The van der Waals surface area contributed by atoms with E-state index in [1.165, 1.54) is 28.1 Å². The summed E-state index contributed by atoms with van der Waals surface area (Å²) in [5.74, 6) is -6.21. The Morgan fingerprint density at radius 1 is 0.827 bits per heavy atom. The standard InChI is InChI=1S/C61H106N2O18/c1-18-21-26-63(27-22-19-2)28-25-43-31-37(7)45(65)24-23-36(6)30-44(34-73-60-57(72-17)56(71-16)52(68)40(10)74-60)46(20-3)77-49(67)33-47(76-42(12)64)39(9)54(43)80-59-53(69)51(62(14)15)55(41(11)75-59)79-50-32-38(8)58(61(13,70)81-50)78-48(66)29-35(4)5/h23-24,30,35,37-41,43-44,46-47,50-60,68-70H,18-22,25-29,31-34H2,1-17H3/b24-23+,36-30+/t37-,38-,39?,40-,41-,43+,44-,46-,47-,50+,51-,52-,53-,54-,55-,56-,57-,58+,59+,60-,61-/m1/s1. The number of aliphatic hydroxyl groups is 3. The van der Waals surface area contributed by atoms with E-state index in [0.717, 1.165) is 44.3 Å². The number of aliphatic hydroxyl groups excluding tert-OH is 2. The molecule has 0 amide bonds.